The van der Waals surface area contributed by atoms with Crippen molar-refractivity contribution >= 4 is 5.91 Å². The summed E-state index contributed by atoms with van der Waals surface area (Å²) < 4.78 is 0. The summed E-state index contributed by atoms with van der Waals surface area (Å²) >= 11 is 0. The van der Waals surface area contributed by atoms with Gasteiger partial charge in [-0.25, -0.2) is 0 Å². The summed E-state index contributed by atoms with van der Waals surface area (Å²) in [5, 5.41) is 2.62. The van der Waals surface area contributed by atoms with Crippen LogP contribution in [0.2, 0.25) is 0 Å². The average Bonchev–Trinajstić information content (AvgIpc) is 2.99. The third kappa shape index (κ3) is 2.83. The summed E-state index contributed by atoms with van der Waals surface area (Å²) in [6.07, 6.45) is 3.66. The largest absolute Gasteiger partial charge is 0.359 e. The van der Waals surface area contributed by atoms with Crippen LogP contribution >= 0.6 is 0 Å². The second-order valence-electron chi connectivity index (χ2n) is 4.71. The number of nitrogens with one attached hydrogen (secondary N) is 1. The summed E-state index contributed by atoms with van der Waals surface area (Å²) in [6, 6.07) is 8.17. The normalized spacial score (nSPS) is 16.9. The van der Waals surface area contributed by atoms with Crippen molar-refractivity contribution in [1.82, 2.24) is 5.32 Å². The molecule has 1 aliphatic rings. The van der Waals surface area contributed by atoms with Gasteiger partial charge in [0.1, 0.15) is 0 Å². The van der Waals surface area contributed by atoms with Crippen molar-refractivity contribution in [3.8, 4) is 0 Å². The maximum absolute atomic E-state index is 11.2. The first-order valence-electron chi connectivity index (χ1n) is 5.69. The minimum absolute atomic E-state index is 0.0465. The van der Waals surface area contributed by atoms with Gasteiger partial charge in [0.15, 0.2) is 0 Å². The molecule has 3 nitrogen and oxygen atoms in total. The fourth-order valence-corrected chi connectivity index (χ4v) is 1.79. The van der Waals surface area contributed by atoms with E-state index in [1.54, 1.807) is 7.05 Å². The lowest BCUT2D eigenvalue weighted by atomic mass is 10.0. The quantitative estimate of drug-likeness (QED) is 0.792. The molecule has 0 spiro atoms. The van der Waals surface area contributed by atoms with E-state index < -0.39 is 0 Å². The van der Waals surface area contributed by atoms with Crippen molar-refractivity contribution in [2.45, 2.75) is 31.2 Å². The zero-order chi connectivity index (χ0) is 11.6. The number of hydrogen-bond acceptors (Lipinski definition) is 2. The molecule has 0 aromatic heterocycles. The van der Waals surface area contributed by atoms with E-state index in [-0.39, 0.29) is 11.4 Å². The first-order valence-corrected chi connectivity index (χ1v) is 5.69. The van der Waals surface area contributed by atoms with Crippen molar-refractivity contribution in [3.63, 3.8) is 0 Å². The molecule has 1 aliphatic carbocycles. The molecule has 3 heteroatoms. The van der Waals surface area contributed by atoms with Crippen LogP contribution in [-0.2, 0) is 17.6 Å². The number of nitrogens with two attached hydrogens (primary N) is 1. The van der Waals surface area contributed by atoms with E-state index in [2.05, 4.69) is 17.4 Å². The molecule has 16 heavy (non-hydrogen) atoms. The van der Waals surface area contributed by atoms with Crippen LogP contribution in [-0.4, -0.2) is 18.5 Å². The highest BCUT2D eigenvalue weighted by Crippen LogP contribution is 2.35. The smallest absolute Gasteiger partial charge is 0.224 e. The van der Waals surface area contributed by atoms with Crippen LogP contribution < -0.4 is 11.1 Å². The average molecular weight is 218 g/mol. The van der Waals surface area contributed by atoms with Crippen LogP contribution in [0.1, 0.15) is 24.0 Å². The third-order valence-corrected chi connectivity index (χ3v) is 3.11. The lowest BCUT2D eigenvalue weighted by molar-refractivity contribution is -0.119. The van der Waals surface area contributed by atoms with Crippen LogP contribution in [0.25, 0.3) is 0 Å². The molecular formula is C13H18N2O. The zero-order valence-electron chi connectivity index (χ0n) is 9.62. The van der Waals surface area contributed by atoms with Crippen molar-refractivity contribution in [2.75, 3.05) is 7.05 Å². The Morgan fingerprint density at radius 1 is 1.31 bits per heavy atom. The van der Waals surface area contributed by atoms with E-state index in [0.29, 0.717) is 6.42 Å². The van der Waals surface area contributed by atoms with E-state index in [9.17, 15) is 4.79 Å². The molecule has 0 bridgehead atoms. The van der Waals surface area contributed by atoms with E-state index in [1.807, 2.05) is 12.1 Å². The number of likely N-dealkylation sites (N-methyl/N-ethyl adjacent to an activating group) is 1. The van der Waals surface area contributed by atoms with Crippen LogP contribution in [0.3, 0.4) is 0 Å². The van der Waals surface area contributed by atoms with Crippen LogP contribution in [0.5, 0.6) is 0 Å². The van der Waals surface area contributed by atoms with E-state index in [0.717, 1.165) is 24.8 Å². The van der Waals surface area contributed by atoms with Crippen LogP contribution in [0, 0.1) is 0 Å². The van der Waals surface area contributed by atoms with Crippen molar-refractivity contribution in [1.29, 1.82) is 0 Å². The Kier molecular flexibility index (Phi) is 2.97. The SMILES string of the molecule is CNC(=O)Cc1ccc(CC2(N)CC2)cc1. The molecule has 0 aliphatic heterocycles. The maximum Gasteiger partial charge on any atom is 0.224 e. The van der Waals surface area contributed by atoms with Gasteiger partial charge in [0.05, 0.1) is 6.42 Å². The summed E-state index contributed by atoms with van der Waals surface area (Å²) in [6.45, 7) is 0. The number of carbonyl (C=O) groups is 1. The first kappa shape index (κ1) is 11.1. The van der Waals surface area contributed by atoms with Gasteiger partial charge in [-0.2, -0.15) is 0 Å². The Morgan fingerprint density at radius 3 is 2.38 bits per heavy atom. The Morgan fingerprint density at radius 2 is 1.88 bits per heavy atom. The van der Waals surface area contributed by atoms with Gasteiger partial charge in [-0.15, -0.1) is 0 Å². The number of amides is 1. The highest BCUT2D eigenvalue weighted by Gasteiger charge is 2.37. The van der Waals surface area contributed by atoms with Crippen LogP contribution in [0.4, 0.5) is 0 Å². The van der Waals surface area contributed by atoms with Gasteiger partial charge in [0.25, 0.3) is 0 Å². The Bertz CT molecular complexity index is 379. The number of benzene rings is 1. The third-order valence-electron chi connectivity index (χ3n) is 3.11. The Labute approximate surface area is 96.0 Å². The van der Waals surface area contributed by atoms with Gasteiger partial charge in [-0.05, 0) is 30.4 Å². The summed E-state index contributed by atoms with van der Waals surface area (Å²) in [5.41, 5.74) is 8.42. The maximum atomic E-state index is 11.2. The fourth-order valence-electron chi connectivity index (χ4n) is 1.79. The number of hydrogen-bond donors (Lipinski definition) is 2. The van der Waals surface area contributed by atoms with Gasteiger partial charge >= 0.3 is 0 Å². The topological polar surface area (TPSA) is 55.1 Å². The van der Waals surface area contributed by atoms with Gasteiger partial charge in [0, 0.05) is 12.6 Å². The minimum atomic E-state index is 0.0465. The monoisotopic (exact) mass is 218 g/mol. The molecule has 3 N–H and O–H groups in total. The second kappa shape index (κ2) is 4.26. The molecule has 1 aromatic rings. The van der Waals surface area contributed by atoms with E-state index >= 15 is 0 Å². The molecule has 0 heterocycles. The second-order valence-corrected chi connectivity index (χ2v) is 4.71. The molecule has 0 saturated heterocycles. The fraction of sp³-hybridized carbons (Fsp3) is 0.462. The summed E-state index contributed by atoms with van der Waals surface area (Å²) in [7, 11) is 1.65. The van der Waals surface area contributed by atoms with Gasteiger partial charge < -0.3 is 11.1 Å². The summed E-state index contributed by atoms with van der Waals surface area (Å²) in [4.78, 5) is 11.2. The molecule has 1 amide bonds. The van der Waals surface area contributed by atoms with Crippen LogP contribution in [0.15, 0.2) is 24.3 Å². The van der Waals surface area contributed by atoms with E-state index in [1.165, 1.54) is 5.56 Å². The number of carbonyl (C=O) groups excluding carboxylic acids is 1. The van der Waals surface area contributed by atoms with Crippen molar-refractivity contribution < 1.29 is 4.79 Å². The molecule has 1 fully saturated rings. The first-order chi connectivity index (χ1) is 7.61. The van der Waals surface area contributed by atoms with Crippen molar-refractivity contribution in [2.24, 2.45) is 5.73 Å². The molecule has 0 atom stereocenters. The molecule has 86 valence electrons. The van der Waals surface area contributed by atoms with E-state index in [4.69, 9.17) is 5.73 Å². The lowest BCUT2D eigenvalue weighted by Gasteiger charge is -2.08. The highest BCUT2D eigenvalue weighted by molar-refractivity contribution is 5.78. The standard InChI is InChI=1S/C13H18N2O/c1-15-12(16)8-10-2-4-11(5-3-10)9-13(14)6-7-13/h2-5H,6-9,14H2,1H3,(H,15,16). The molecular weight excluding hydrogens is 200 g/mol. The van der Waals surface area contributed by atoms with Gasteiger partial charge in [0.2, 0.25) is 5.91 Å². The molecule has 0 unspecified atom stereocenters. The van der Waals surface area contributed by atoms with Gasteiger partial charge in [-0.1, -0.05) is 24.3 Å². The lowest BCUT2D eigenvalue weighted by Crippen LogP contribution is -2.24. The zero-order valence-corrected chi connectivity index (χ0v) is 9.62. The molecule has 1 aromatic carbocycles. The number of rotatable bonds is 4. The van der Waals surface area contributed by atoms with Crippen molar-refractivity contribution in [3.05, 3.63) is 35.4 Å². The Balaban J connectivity index is 1.96. The molecule has 0 radical (unpaired) electrons. The predicted molar refractivity (Wildman–Crippen MR) is 64.1 cm³/mol. The molecule has 2 rings (SSSR count). The predicted octanol–water partition coefficient (Wildman–Crippen LogP) is 1.01. The summed E-state index contributed by atoms with van der Waals surface area (Å²) in [5.74, 6) is 0.0465. The Hall–Kier alpha value is -1.35. The highest BCUT2D eigenvalue weighted by atomic mass is 16.1. The minimum Gasteiger partial charge on any atom is -0.359 e. The molecule has 1 saturated carbocycles. The van der Waals surface area contributed by atoms with Gasteiger partial charge in [-0.3, -0.25) is 4.79 Å².